The standard InChI is InChI=1S/C20H27F6NO/c1-13(2)15-6-4-8-18(11-15,27-12-17(28)20(24,25)26)10-14-5-3-7-16(9-14)19(21,22)23/h3,5,7,9,13,15,17,27-28H,4,6,8,10-12H2,1-2H3. The normalized spacial score (nSPS) is 25.1. The van der Waals surface area contributed by atoms with Crippen LogP contribution in [0.2, 0.25) is 0 Å². The quantitative estimate of drug-likeness (QED) is 0.619. The Balaban J connectivity index is 2.26. The van der Waals surface area contributed by atoms with E-state index in [1.807, 2.05) is 13.8 Å². The minimum absolute atomic E-state index is 0.185. The Hall–Kier alpha value is -1.28. The summed E-state index contributed by atoms with van der Waals surface area (Å²) in [4.78, 5) is 0. The largest absolute Gasteiger partial charge is 0.416 e. The van der Waals surface area contributed by atoms with Gasteiger partial charge in [-0.15, -0.1) is 0 Å². The van der Waals surface area contributed by atoms with Crippen molar-refractivity contribution >= 4 is 0 Å². The molecule has 2 nitrogen and oxygen atoms in total. The van der Waals surface area contributed by atoms with Crippen LogP contribution in [0.4, 0.5) is 26.3 Å². The van der Waals surface area contributed by atoms with E-state index in [4.69, 9.17) is 0 Å². The van der Waals surface area contributed by atoms with Gasteiger partial charge in [0, 0.05) is 12.1 Å². The first kappa shape index (κ1) is 23.0. The van der Waals surface area contributed by atoms with E-state index in [1.165, 1.54) is 6.07 Å². The monoisotopic (exact) mass is 411 g/mol. The Kier molecular flexibility index (Phi) is 7.08. The maximum atomic E-state index is 13.0. The third-order valence-electron chi connectivity index (χ3n) is 5.67. The molecule has 2 N–H and O–H groups in total. The van der Waals surface area contributed by atoms with Crippen molar-refractivity contribution in [1.29, 1.82) is 0 Å². The Morgan fingerprint density at radius 3 is 2.43 bits per heavy atom. The summed E-state index contributed by atoms with van der Waals surface area (Å²) in [5, 5.41) is 12.3. The molecule has 8 heteroatoms. The molecule has 1 aromatic carbocycles. The van der Waals surface area contributed by atoms with Crippen LogP contribution >= 0.6 is 0 Å². The van der Waals surface area contributed by atoms with Gasteiger partial charge in [-0.1, -0.05) is 44.9 Å². The van der Waals surface area contributed by atoms with Crippen molar-refractivity contribution in [3.05, 3.63) is 35.4 Å². The molecule has 0 aliphatic heterocycles. The second kappa shape index (κ2) is 8.61. The molecular weight excluding hydrogens is 384 g/mol. The van der Waals surface area contributed by atoms with Gasteiger partial charge in [-0.3, -0.25) is 0 Å². The first-order valence-electron chi connectivity index (χ1n) is 9.48. The van der Waals surface area contributed by atoms with Gasteiger partial charge >= 0.3 is 12.4 Å². The second-order valence-electron chi connectivity index (χ2n) is 8.19. The van der Waals surface area contributed by atoms with Crippen LogP contribution in [-0.4, -0.2) is 29.5 Å². The second-order valence-corrected chi connectivity index (χ2v) is 8.19. The molecule has 0 radical (unpaired) electrons. The molecule has 0 aromatic heterocycles. The summed E-state index contributed by atoms with van der Waals surface area (Å²) in [6, 6.07) is 4.93. The predicted octanol–water partition coefficient (Wildman–Crippen LogP) is 5.35. The average Bonchev–Trinajstić information content (AvgIpc) is 2.58. The SMILES string of the molecule is CC(C)C1CCCC(Cc2cccc(C(F)(F)F)c2)(NCC(O)C(F)(F)F)C1. The number of alkyl halides is 6. The lowest BCUT2D eigenvalue weighted by molar-refractivity contribution is -0.203. The fourth-order valence-corrected chi connectivity index (χ4v) is 4.04. The van der Waals surface area contributed by atoms with E-state index in [-0.39, 0.29) is 12.3 Å². The molecule has 1 aliphatic rings. The molecule has 0 bridgehead atoms. The molecule has 0 spiro atoms. The van der Waals surface area contributed by atoms with Crippen molar-refractivity contribution < 1.29 is 31.4 Å². The molecule has 1 saturated carbocycles. The third-order valence-corrected chi connectivity index (χ3v) is 5.67. The molecular formula is C20H27F6NO. The van der Waals surface area contributed by atoms with E-state index in [0.717, 1.165) is 25.0 Å². The number of hydrogen-bond donors (Lipinski definition) is 2. The van der Waals surface area contributed by atoms with Gasteiger partial charge in [0.1, 0.15) is 0 Å². The van der Waals surface area contributed by atoms with Crippen molar-refractivity contribution in [3.8, 4) is 0 Å². The predicted molar refractivity (Wildman–Crippen MR) is 94.7 cm³/mol. The zero-order valence-corrected chi connectivity index (χ0v) is 16.0. The zero-order valence-electron chi connectivity index (χ0n) is 16.0. The van der Waals surface area contributed by atoms with Gasteiger partial charge < -0.3 is 10.4 Å². The van der Waals surface area contributed by atoms with E-state index >= 15 is 0 Å². The highest BCUT2D eigenvalue weighted by atomic mass is 19.4. The Labute approximate surface area is 161 Å². The van der Waals surface area contributed by atoms with Gasteiger partial charge in [0.15, 0.2) is 6.10 Å². The first-order chi connectivity index (χ1) is 12.8. The number of β-amino-alcohol motifs (C(OH)–C–C–N with tert-alkyl or cyclic N) is 1. The number of halogens is 6. The minimum Gasteiger partial charge on any atom is -0.382 e. The number of hydrogen-bond acceptors (Lipinski definition) is 2. The highest BCUT2D eigenvalue weighted by Crippen LogP contribution is 2.39. The first-order valence-corrected chi connectivity index (χ1v) is 9.48. The number of nitrogens with one attached hydrogen (secondary N) is 1. The highest BCUT2D eigenvalue weighted by molar-refractivity contribution is 5.27. The van der Waals surface area contributed by atoms with Gasteiger partial charge in [-0.05, 0) is 42.7 Å². The average molecular weight is 411 g/mol. The summed E-state index contributed by atoms with van der Waals surface area (Å²) in [6.45, 7) is 3.40. The van der Waals surface area contributed by atoms with Crippen LogP contribution in [-0.2, 0) is 12.6 Å². The van der Waals surface area contributed by atoms with E-state index in [9.17, 15) is 31.4 Å². The lowest BCUT2D eigenvalue weighted by Crippen LogP contribution is -2.54. The van der Waals surface area contributed by atoms with Crippen LogP contribution in [0, 0.1) is 11.8 Å². The number of aliphatic hydroxyl groups excluding tert-OH is 1. The molecule has 28 heavy (non-hydrogen) atoms. The lowest BCUT2D eigenvalue weighted by Gasteiger charge is -2.44. The van der Waals surface area contributed by atoms with Gasteiger partial charge in [-0.25, -0.2) is 0 Å². The van der Waals surface area contributed by atoms with E-state index in [1.54, 1.807) is 6.07 Å². The third kappa shape index (κ3) is 6.11. The maximum absolute atomic E-state index is 13.0. The summed E-state index contributed by atoms with van der Waals surface area (Å²) in [7, 11) is 0. The summed E-state index contributed by atoms with van der Waals surface area (Å²) < 4.78 is 77.3. The molecule has 1 aliphatic carbocycles. The molecule has 1 aromatic rings. The number of rotatable bonds is 6. The topological polar surface area (TPSA) is 32.3 Å². The van der Waals surface area contributed by atoms with Gasteiger partial charge in [0.2, 0.25) is 0 Å². The molecule has 0 amide bonds. The lowest BCUT2D eigenvalue weighted by atomic mass is 9.69. The van der Waals surface area contributed by atoms with Crippen LogP contribution in [0.5, 0.6) is 0 Å². The molecule has 2 rings (SSSR count). The van der Waals surface area contributed by atoms with Crippen molar-refractivity contribution in [3.63, 3.8) is 0 Å². The number of aliphatic hydroxyl groups is 1. The molecule has 0 saturated heterocycles. The van der Waals surface area contributed by atoms with Crippen LogP contribution < -0.4 is 5.32 Å². The van der Waals surface area contributed by atoms with E-state index < -0.39 is 36.1 Å². The summed E-state index contributed by atoms with van der Waals surface area (Å²) in [5.74, 6) is 0.575. The summed E-state index contributed by atoms with van der Waals surface area (Å²) in [6.07, 6.45) is -8.72. The van der Waals surface area contributed by atoms with Crippen LogP contribution in [0.3, 0.4) is 0 Å². The van der Waals surface area contributed by atoms with Gasteiger partial charge in [-0.2, -0.15) is 26.3 Å². The Bertz CT molecular complexity index is 642. The van der Waals surface area contributed by atoms with Gasteiger partial charge in [0.25, 0.3) is 0 Å². The molecule has 0 heterocycles. The minimum atomic E-state index is -4.74. The van der Waals surface area contributed by atoms with Crippen molar-refractivity contribution in [2.45, 2.75) is 69.9 Å². The highest BCUT2D eigenvalue weighted by Gasteiger charge is 2.42. The maximum Gasteiger partial charge on any atom is 0.416 e. The van der Waals surface area contributed by atoms with Crippen molar-refractivity contribution in [1.82, 2.24) is 5.32 Å². The Morgan fingerprint density at radius 2 is 1.86 bits per heavy atom. The van der Waals surface area contributed by atoms with Crippen molar-refractivity contribution in [2.75, 3.05) is 6.54 Å². The summed E-state index contributed by atoms with van der Waals surface area (Å²) in [5.41, 5.74) is -1.12. The Morgan fingerprint density at radius 1 is 1.18 bits per heavy atom. The van der Waals surface area contributed by atoms with Crippen LogP contribution in [0.15, 0.2) is 24.3 Å². The zero-order chi connectivity index (χ0) is 21.2. The van der Waals surface area contributed by atoms with Gasteiger partial charge in [0.05, 0.1) is 5.56 Å². The van der Waals surface area contributed by atoms with E-state index in [2.05, 4.69) is 5.32 Å². The van der Waals surface area contributed by atoms with Crippen LogP contribution in [0.25, 0.3) is 0 Å². The smallest absolute Gasteiger partial charge is 0.382 e. The molecule has 1 fully saturated rings. The van der Waals surface area contributed by atoms with E-state index in [0.29, 0.717) is 24.3 Å². The molecule has 3 atom stereocenters. The fraction of sp³-hybridized carbons (Fsp3) is 0.700. The molecule has 3 unspecified atom stereocenters. The van der Waals surface area contributed by atoms with Crippen molar-refractivity contribution in [2.24, 2.45) is 11.8 Å². The fourth-order valence-electron chi connectivity index (χ4n) is 4.04. The molecule has 160 valence electrons. The van der Waals surface area contributed by atoms with Crippen LogP contribution in [0.1, 0.15) is 50.7 Å². The summed E-state index contributed by atoms with van der Waals surface area (Å²) >= 11 is 0. The number of benzene rings is 1.